The number of nitrogens with zero attached hydrogens (tertiary/aromatic N) is 4. The van der Waals surface area contributed by atoms with E-state index in [0.29, 0.717) is 17.5 Å². The zero-order valence-electron chi connectivity index (χ0n) is 51.4. The van der Waals surface area contributed by atoms with Gasteiger partial charge in [0.25, 0.3) is 0 Å². The van der Waals surface area contributed by atoms with Crippen molar-refractivity contribution in [1.29, 1.82) is 0 Å². The van der Waals surface area contributed by atoms with Crippen molar-refractivity contribution < 1.29 is 20.1 Å². The second-order valence-corrected chi connectivity index (χ2v) is 25.1. The predicted octanol–water partition coefficient (Wildman–Crippen LogP) is 20.7. The summed E-state index contributed by atoms with van der Waals surface area (Å²) in [5.74, 6) is 1.99. The van der Waals surface area contributed by atoms with E-state index < -0.39 is 5.41 Å². The maximum absolute atomic E-state index is 5.67. The maximum Gasteiger partial charge on any atom is 0.164 e. The Morgan fingerprint density at radius 1 is 0.407 bits per heavy atom. The standard InChI is InChI=1S/C81H75N4.Ir/c1-10-12-14-16-24-55-44-56(25-17-15-13-11-2)46-61(45-55)80(9)69-29-21-18-28-64(69)67-36-39-75-68(76(67)80)37-38-74(82-75)57-32-34-65-66-35-33-58(48-73(66)81(72(65)47-57)70-30-22-19-26-62(70)63-27-20-23-31-71(63)81)77-83-78(59-40-49(3)53(7)50(4)41-59)85-79(84-77)60-42-51(5)54(8)52(6)43-60;/h18-23,26-31,33-48H,10-17,24-25H2,1-9H3;/q-1;. The van der Waals surface area contributed by atoms with E-state index in [4.69, 9.17) is 19.9 Å². The molecule has 0 aliphatic heterocycles. The Kier molecular flexibility index (Phi) is 15.1. The van der Waals surface area contributed by atoms with E-state index in [1.165, 1.54) is 174 Å². The van der Waals surface area contributed by atoms with Crippen LogP contribution in [-0.4, -0.2) is 19.9 Å². The summed E-state index contributed by atoms with van der Waals surface area (Å²) in [5, 5.41) is 1.21. The Morgan fingerprint density at radius 2 is 0.895 bits per heavy atom. The van der Waals surface area contributed by atoms with Gasteiger partial charge in [-0.05, 0) is 216 Å². The van der Waals surface area contributed by atoms with Crippen LogP contribution >= 0.6 is 0 Å². The van der Waals surface area contributed by atoms with Crippen molar-refractivity contribution in [3.63, 3.8) is 0 Å². The van der Waals surface area contributed by atoms with Gasteiger partial charge in [-0.1, -0.05) is 185 Å². The van der Waals surface area contributed by atoms with Gasteiger partial charge in [0.2, 0.25) is 0 Å². The van der Waals surface area contributed by atoms with Gasteiger partial charge in [-0.25, -0.2) is 15.0 Å². The maximum atomic E-state index is 5.67. The average molecular weight is 1300 g/mol. The molecular formula is C81H75IrN4-. The molecule has 429 valence electrons. The van der Waals surface area contributed by atoms with Gasteiger partial charge in [0.05, 0.1) is 10.9 Å². The monoisotopic (exact) mass is 1300 g/mol. The third-order valence-electron chi connectivity index (χ3n) is 20.0. The molecule has 11 aromatic rings. The zero-order chi connectivity index (χ0) is 58.3. The molecule has 0 amide bonds. The molecule has 1 unspecified atom stereocenters. The number of hydrogen-bond donors (Lipinski definition) is 0. The fourth-order valence-corrected chi connectivity index (χ4v) is 15.0. The topological polar surface area (TPSA) is 51.6 Å². The molecule has 1 spiro atoms. The fraction of sp³-hybridized carbons (Fsp3) is 0.259. The quantitative estimate of drug-likeness (QED) is 0.0758. The Balaban J connectivity index is 0.00000686. The predicted molar refractivity (Wildman–Crippen MR) is 354 cm³/mol. The van der Waals surface area contributed by atoms with E-state index in [1.807, 2.05) is 0 Å². The number of rotatable bonds is 15. The van der Waals surface area contributed by atoms with Crippen LogP contribution in [0, 0.1) is 47.6 Å². The van der Waals surface area contributed by atoms with Crippen molar-refractivity contribution in [1.82, 2.24) is 19.9 Å². The number of unbranched alkanes of at least 4 members (excludes halogenated alkanes) is 6. The van der Waals surface area contributed by atoms with Crippen molar-refractivity contribution in [3.8, 4) is 78.8 Å². The van der Waals surface area contributed by atoms with Crippen molar-refractivity contribution in [2.45, 2.75) is 137 Å². The first-order valence-corrected chi connectivity index (χ1v) is 31.4. The van der Waals surface area contributed by atoms with Gasteiger partial charge in [0.1, 0.15) is 0 Å². The van der Waals surface area contributed by atoms with Crippen LogP contribution in [-0.2, 0) is 43.8 Å². The summed E-state index contributed by atoms with van der Waals surface area (Å²) >= 11 is 0. The second kappa shape index (κ2) is 22.7. The Bertz CT molecular complexity index is 4310. The molecule has 4 nitrogen and oxygen atoms in total. The molecular weight excluding hydrogens is 1220 g/mol. The van der Waals surface area contributed by atoms with Crippen molar-refractivity contribution in [2.24, 2.45) is 0 Å². The van der Waals surface area contributed by atoms with Gasteiger partial charge in [-0.2, -0.15) is 0 Å². The fourth-order valence-electron chi connectivity index (χ4n) is 15.0. The molecule has 9 aromatic carbocycles. The van der Waals surface area contributed by atoms with Crippen LogP contribution < -0.4 is 0 Å². The van der Waals surface area contributed by atoms with Crippen LogP contribution in [0.4, 0.5) is 0 Å². The second-order valence-electron chi connectivity index (χ2n) is 25.1. The van der Waals surface area contributed by atoms with E-state index in [1.54, 1.807) is 0 Å². The van der Waals surface area contributed by atoms with Gasteiger partial charge in [-0.15, -0.1) is 29.3 Å². The largest absolute Gasteiger partial charge is 0.296 e. The molecule has 2 heterocycles. The molecule has 0 saturated carbocycles. The number of aryl methyl sites for hydroxylation is 6. The number of pyridine rings is 1. The van der Waals surface area contributed by atoms with Gasteiger partial charge < -0.3 is 0 Å². The number of fused-ring (bicyclic) bond motifs is 15. The summed E-state index contributed by atoms with van der Waals surface area (Å²) < 4.78 is 0. The van der Waals surface area contributed by atoms with E-state index in [-0.39, 0.29) is 25.5 Å². The third kappa shape index (κ3) is 9.26. The Morgan fingerprint density at radius 3 is 1.45 bits per heavy atom. The summed E-state index contributed by atoms with van der Waals surface area (Å²) in [7, 11) is 0. The molecule has 1 atom stereocenters. The number of benzene rings is 9. The molecule has 3 aliphatic carbocycles. The molecule has 86 heavy (non-hydrogen) atoms. The van der Waals surface area contributed by atoms with Gasteiger partial charge >= 0.3 is 0 Å². The molecule has 0 saturated heterocycles. The SMILES string of the molecule is CCCCCCc1cc(CCCCCC)cc(C2(C)c3ccccc3-c3ccc4nc(-c5[c-]cc6c(c5)C5(c7ccccc7-c7ccccc75)c5cc(-c7nc(-c8cc(C)c(C)c(C)c8)nc(-c8cc(C)c(C)c(C)c8)n7)ccc5-6)ccc4c32)c1.[Ir]. The van der Waals surface area contributed by atoms with E-state index in [9.17, 15) is 0 Å². The Labute approximate surface area is 523 Å². The smallest absolute Gasteiger partial charge is 0.164 e. The minimum Gasteiger partial charge on any atom is -0.296 e. The summed E-state index contributed by atoms with van der Waals surface area (Å²) in [5.41, 5.74) is 31.8. The molecule has 3 aliphatic rings. The molecule has 0 bridgehead atoms. The van der Waals surface area contributed by atoms with Crippen LogP contribution in [0.15, 0.2) is 170 Å². The molecule has 14 rings (SSSR count). The minimum atomic E-state index is -0.641. The van der Waals surface area contributed by atoms with E-state index in [0.717, 1.165) is 46.3 Å². The first-order chi connectivity index (χ1) is 41.4. The van der Waals surface area contributed by atoms with Crippen LogP contribution in [0.2, 0.25) is 0 Å². The van der Waals surface area contributed by atoms with E-state index >= 15 is 0 Å². The average Bonchev–Trinajstić information content (AvgIpc) is 1.52. The minimum absolute atomic E-state index is 0. The molecule has 0 fully saturated rings. The third-order valence-corrected chi connectivity index (χ3v) is 20.0. The number of hydrogen-bond acceptors (Lipinski definition) is 4. The molecule has 0 N–H and O–H groups in total. The zero-order valence-corrected chi connectivity index (χ0v) is 53.8. The van der Waals surface area contributed by atoms with Gasteiger partial charge in [0, 0.05) is 47.6 Å². The molecule has 5 heteroatoms. The normalized spacial score (nSPS) is 14.6. The van der Waals surface area contributed by atoms with Crippen LogP contribution in [0.3, 0.4) is 0 Å². The summed E-state index contributed by atoms with van der Waals surface area (Å²) in [6, 6.07) is 68.4. The van der Waals surface area contributed by atoms with Crippen molar-refractivity contribution >= 4 is 10.9 Å². The van der Waals surface area contributed by atoms with Crippen LogP contribution in [0.25, 0.3) is 89.7 Å². The Hall–Kier alpha value is -7.95. The van der Waals surface area contributed by atoms with Crippen molar-refractivity contribution in [3.05, 3.63) is 259 Å². The van der Waals surface area contributed by atoms with Gasteiger partial charge in [0.15, 0.2) is 17.5 Å². The van der Waals surface area contributed by atoms with Crippen LogP contribution in [0.5, 0.6) is 0 Å². The first-order valence-electron chi connectivity index (χ1n) is 31.4. The molecule has 1 radical (unpaired) electrons. The molecule has 2 aromatic heterocycles. The van der Waals surface area contributed by atoms with E-state index in [2.05, 4.69) is 238 Å². The number of aromatic nitrogens is 4. The summed E-state index contributed by atoms with van der Waals surface area (Å²) in [6.07, 6.45) is 12.3. The van der Waals surface area contributed by atoms with Crippen LogP contribution in [0.1, 0.15) is 156 Å². The first kappa shape index (κ1) is 57.1. The van der Waals surface area contributed by atoms with Crippen molar-refractivity contribution in [2.75, 3.05) is 0 Å². The summed E-state index contributed by atoms with van der Waals surface area (Å²) in [6.45, 7) is 20.2. The van der Waals surface area contributed by atoms with Gasteiger partial charge in [-0.3, -0.25) is 4.98 Å². The summed E-state index contributed by atoms with van der Waals surface area (Å²) in [4.78, 5) is 21.7.